The SMILES string of the molecule is Cc1cc(F)ccc1CC(C)C. The highest BCUT2D eigenvalue weighted by Gasteiger charge is 2.01. The summed E-state index contributed by atoms with van der Waals surface area (Å²) in [6, 6.07) is 5.01. The molecule has 1 heteroatoms. The van der Waals surface area contributed by atoms with Crippen LogP contribution in [0.2, 0.25) is 0 Å². The van der Waals surface area contributed by atoms with Gasteiger partial charge in [0.2, 0.25) is 0 Å². The van der Waals surface area contributed by atoms with Crippen LogP contribution in [-0.2, 0) is 6.42 Å². The molecule has 0 aliphatic heterocycles. The zero-order valence-corrected chi connectivity index (χ0v) is 7.89. The van der Waals surface area contributed by atoms with E-state index in [0.717, 1.165) is 12.0 Å². The average Bonchev–Trinajstić information content (AvgIpc) is 1.94. The van der Waals surface area contributed by atoms with Crippen molar-refractivity contribution in [3.05, 3.63) is 35.1 Å². The molecule has 66 valence electrons. The number of aryl methyl sites for hydroxylation is 1. The molecule has 0 aromatic heterocycles. The van der Waals surface area contributed by atoms with Gasteiger partial charge >= 0.3 is 0 Å². The van der Waals surface area contributed by atoms with Crippen LogP contribution in [0.3, 0.4) is 0 Å². The predicted molar refractivity (Wildman–Crippen MR) is 49.7 cm³/mol. The van der Waals surface area contributed by atoms with E-state index in [2.05, 4.69) is 13.8 Å². The molecule has 0 radical (unpaired) electrons. The molecule has 0 spiro atoms. The Bertz CT molecular complexity index is 264. The van der Waals surface area contributed by atoms with Gasteiger partial charge in [-0.15, -0.1) is 0 Å². The van der Waals surface area contributed by atoms with Crippen LogP contribution in [0.15, 0.2) is 18.2 Å². The molecule has 0 nitrogen and oxygen atoms in total. The van der Waals surface area contributed by atoms with Gasteiger partial charge in [0.25, 0.3) is 0 Å². The van der Waals surface area contributed by atoms with E-state index >= 15 is 0 Å². The van der Waals surface area contributed by atoms with E-state index in [9.17, 15) is 4.39 Å². The molecule has 0 N–H and O–H groups in total. The average molecular weight is 166 g/mol. The molecule has 0 unspecified atom stereocenters. The van der Waals surface area contributed by atoms with E-state index in [1.165, 1.54) is 11.6 Å². The molecule has 0 saturated heterocycles. The van der Waals surface area contributed by atoms with Crippen LogP contribution in [0.5, 0.6) is 0 Å². The minimum atomic E-state index is -0.139. The van der Waals surface area contributed by atoms with Crippen LogP contribution >= 0.6 is 0 Å². The molecule has 0 atom stereocenters. The highest BCUT2D eigenvalue weighted by Crippen LogP contribution is 2.14. The van der Waals surface area contributed by atoms with Crippen molar-refractivity contribution in [1.29, 1.82) is 0 Å². The Labute approximate surface area is 73.4 Å². The summed E-state index contributed by atoms with van der Waals surface area (Å²) in [5.74, 6) is 0.495. The molecular formula is C11H15F. The van der Waals surface area contributed by atoms with Crippen LogP contribution in [0.25, 0.3) is 0 Å². The molecule has 0 heterocycles. The van der Waals surface area contributed by atoms with E-state index in [1.54, 1.807) is 6.07 Å². The predicted octanol–water partition coefficient (Wildman–Crippen LogP) is 3.33. The van der Waals surface area contributed by atoms with Crippen molar-refractivity contribution < 1.29 is 4.39 Å². The van der Waals surface area contributed by atoms with Gasteiger partial charge in [0.1, 0.15) is 5.82 Å². The number of hydrogen-bond donors (Lipinski definition) is 0. The van der Waals surface area contributed by atoms with Gasteiger partial charge < -0.3 is 0 Å². The highest BCUT2D eigenvalue weighted by atomic mass is 19.1. The second-order valence-corrected chi connectivity index (χ2v) is 3.67. The van der Waals surface area contributed by atoms with Crippen LogP contribution in [0.1, 0.15) is 25.0 Å². The third-order valence-corrected chi connectivity index (χ3v) is 1.93. The maximum atomic E-state index is 12.7. The number of rotatable bonds is 2. The molecule has 0 saturated carbocycles. The second-order valence-electron chi connectivity index (χ2n) is 3.67. The molecule has 0 fully saturated rings. The smallest absolute Gasteiger partial charge is 0.123 e. The molecule has 1 aromatic carbocycles. The molecule has 12 heavy (non-hydrogen) atoms. The lowest BCUT2D eigenvalue weighted by Gasteiger charge is -2.07. The lowest BCUT2D eigenvalue weighted by molar-refractivity contribution is 0.617. The summed E-state index contributed by atoms with van der Waals surface area (Å²) in [7, 11) is 0. The van der Waals surface area contributed by atoms with E-state index in [4.69, 9.17) is 0 Å². The number of halogens is 1. The van der Waals surface area contributed by atoms with E-state index in [1.807, 2.05) is 13.0 Å². The van der Waals surface area contributed by atoms with Crippen molar-refractivity contribution in [3.8, 4) is 0 Å². The zero-order valence-electron chi connectivity index (χ0n) is 7.89. The first-order valence-corrected chi connectivity index (χ1v) is 4.34. The number of hydrogen-bond acceptors (Lipinski definition) is 0. The molecule has 0 aliphatic rings. The van der Waals surface area contributed by atoms with E-state index in [0.29, 0.717) is 5.92 Å². The van der Waals surface area contributed by atoms with Crippen LogP contribution < -0.4 is 0 Å². The van der Waals surface area contributed by atoms with Crippen LogP contribution in [0, 0.1) is 18.7 Å². The lowest BCUT2D eigenvalue weighted by Crippen LogP contribution is -1.96. The zero-order chi connectivity index (χ0) is 9.14. The Morgan fingerprint density at radius 2 is 2.00 bits per heavy atom. The molecule has 1 rings (SSSR count). The molecular weight excluding hydrogens is 151 g/mol. The summed E-state index contributed by atoms with van der Waals surface area (Å²) < 4.78 is 12.7. The van der Waals surface area contributed by atoms with Gasteiger partial charge in [-0.1, -0.05) is 19.9 Å². The van der Waals surface area contributed by atoms with Crippen molar-refractivity contribution in [3.63, 3.8) is 0 Å². The van der Waals surface area contributed by atoms with Gasteiger partial charge in [-0.05, 0) is 42.5 Å². The Morgan fingerprint density at radius 1 is 1.33 bits per heavy atom. The van der Waals surface area contributed by atoms with Crippen molar-refractivity contribution in [2.45, 2.75) is 27.2 Å². The van der Waals surface area contributed by atoms with Crippen molar-refractivity contribution >= 4 is 0 Å². The minimum Gasteiger partial charge on any atom is -0.207 e. The maximum Gasteiger partial charge on any atom is 0.123 e. The van der Waals surface area contributed by atoms with Gasteiger partial charge in [-0.3, -0.25) is 0 Å². The summed E-state index contributed by atoms with van der Waals surface area (Å²) in [6.07, 6.45) is 1.03. The Hall–Kier alpha value is -0.850. The largest absolute Gasteiger partial charge is 0.207 e. The Kier molecular flexibility index (Phi) is 2.85. The summed E-state index contributed by atoms with van der Waals surface area (Å²) in [4.78, 5) is 0. The monoisotopic (exact) mass is 166 g/mol. The van der Waals surface area contributed by atoms with Crippen molar-refractivity contribution in [2.75, 3.05) is 0 Å². The third-order valence-electron chi connectivity index (χ3n) is 1.93. The van der Waals surface area contributed by atoms with E-state index in [-0.39, 0.29) is 5.82 Å². The topological polar surface area (TPSA) is 0 Å². The van der Waals surface area contributed by atoms with Crippen molar-refractivity contribution in [2.24, 2.45) is 5.92 Å². The van der Waals surface area contributed by atoms with E-state index < -0.39 is 0 Å². The summed E-state index contributed by atoms with van der Waals surface area (Å²) >= 11 is 0. The summed E-state index contributed by atoms with van der Waals surface area (Å²) in [5.41, 5.74) is 2.31. The van der Waals surface area contributed by atoms with Crippen LogP contribution in [-0.4, -0.2) is 0 Å². The fourth-order valence-corrected chi connectivity index (χ4v) is 1.33. The fraction of sp³-hybridized carbons (Fsp3) is 0.455. The minimum absolute atomic E-state index is 0.139. The number of benzene rings is 1. The van der Waals surface area contributed by atoms with Gasteiger partial charge in [0.15, 0.2) is 0 Å². The van der Waals surface area contributed by atoms with Gasteiger partial charge in [0, 0.05) is 0 Å². The first-order chi connectivity index (χ1) is 5.59. The second kappa shape index (κ2) is 3.70. The Morgan fingerprint density at radius 3 is 2.50 bits per heavy atom. The molecule has 0 aliphatic carbocycles. The Balaban J connectivity index is 2.86. The molecule has 1 aromatic rings. The third kappa shape index (κ3) is 2.33. The van der Waals surface area contributed by atoms with Crippen LogP contribution in [0.4, 0.5) is 4.39 Å². The first kappa shape index (κ1) is 9.24. The van der Waals surface area contributed by atoms with Gasteiger partial charge in [0.05, 0.1) is 0 Å². The van der Waals surface area contributed by atoms with Gasteiger partial charge in [-0.25, -0.2) is 4.39 Å². The maximum absolute atomic E-state index is 12.7. The summed E-state index contributed by atoms with van der Waals surface area (Å²) in [6.45, 7) is 6.30. The molecule has 0 amide bonds. The quantitative estimate of drug-likeness (QED) is 0.632. The fourth-order valence-electron chi connectivity index (χ4n) is 1.33. The van der Waals surface area contributed by atoms with Gasteiger partial charge in [-0.2, -0.15) is 0 Å². The lowest BCUT2D eigenvalue weighted by atomic mass is 9.99. The highest BCUT2D eigenvalue weighted by molar-refractivity contribution is 5.26. The first-order valence-electron chi connectivity index (χ1n) is 4.34. The normalized spacial score (nSPS) is 10.8. The van der Waals surface area contributed by atoms with Crippen molar-refractivity contribution in [1.82, 2.24) is 0 Å². The molecule has 0 bridgehead atoms. The standard InChI is InChI=1S/C11H15F/c1-8(2)6-10-4-5-11(12)7-9(10)3/h4-5,7-8H,6H2,1-3H3. The summed E-state index contributed by atoms with van der Waals surface area (Å²) in [5, 5.41) is 0.